The monoisotopic (exact) mass is 502 g/mol. The summed E-state index contributed by atoms with van der Waals surface area (Å²) in [4.78, 5) is 45.8. The van der Waals surface area contributed by atoms with E-state index in [2.05, 4.69) is 48.5 Å². The van der Waals surface area contributed by atoms with Gasteiger partial charge in [-0.2, -0.15) is 0 Å². The van der Waals surface area contributed by atoms with Crippen LogP contribution in [0.5, 0.6) is 0 Å². The van der Waals surface area contributed by atoms with Gasteiger partial charge in [0.25, 0.3) is 0 Å². The summed E-state index contributed by atoms with van der Waals surface area (Å²) in [5.41, 5.74) is -1.13. The van der Waals surface area contributed by atoms with Gasteiger partial charge in [-0.05, 0) is 28.3 Å². The van der Waals surface area contributed by atoms with E-state index in [1.54, 1.807) is 18.2 Å². The molecule has 9 heteroatoms. The minimum absolute atomic E-state index is 0. The van der Waals surface area contributed by atoms with Gasteiger partial charge in [-0.1, -0.05) is 91.0 Å². The highest BCUT2D eigenvalue weighted by atomic mass is 16.4. The number of carboxylic acid groups (broad SMARTS) is 4. The number of benzene rings is 4. The third-order valence-electron chi connectivity index (χ3n) is 5.17. The summed E-state index contributed by atoms with van der Waals surface area (Å²) >= 11 is 0. The highest BCUT2D eigenvalue weighted by Crippen LogP contribution is 2.32. The average Bonchev–Trinajstić information content (AvgIpc) is 2.89. The fourth-order valence-electron chi connectivity index (χ4n) is 3.62. The van der Waals surface area contributed by atoms with Crippen molar-refractivity contribution in [3.63, 3.8) is 0 Å². The number of rotatable bonds is 6. The van der Waals surface area contributed by atoms with E-state index in [0.29, 0.717) is 0 Å². The zero-order valence-electron chi connectivity index (χ0n) is 19.2. The lowest BCUT2D eigenvalue weighted by molar-refractivity contribution is 0.0620. The van der Waals surface area contributed by atoms with Crippen molar-refractivity contribution in [1.29, 1.82) is 0 Å². The zero-order valence-corrected chi connectivity index (χ0v) is 19.2. The molecule has 188 valence electrons. The molecule has 0 fully saturated rings. The maximum absolute atomic E-state index is 11.6. The van der Waals surface area contributed by atoms with E-state index in [1.165, 1.54) is 23.3 Å². The Kier molecular flexibility index (Phi) is 9.39. The molecule has 37 heavy (non-hydrogen) atoms. The van der Waals surface area contributed by atoms with Gasteiger partial charge in [0, 0.05) is 0 Å². The van der Waals surface area contributed by atoms with Crippen molar-refractivity contribution in [2.75, 3.05) is 0 Å². The molecule has 0 bridgehead atoms. The van der Waals surface area contributed by atoms with Gasteiger partial charge >= 0.3 is 23.9 Å². The third kappa shape index (κ3) is 6.44. The molecule has 0 heterocycles. The van der Waals surface area contributed by atoms with Crippen LogP contribution in [0.2, 0.25) is 0 Å². The third-order valence-corrected chi connectivity index (χ3v) is 5.17. The van der Waals surface area contributed by atoms with E-state index in [-0.39, 0.29) is 16.6 Å². The maximum Gasteiger partial charge on any atom is 0.337 e. The summed E-state index contributed by atoms with van der Waals surface area (Å²) in [6, 6.07) is 29.3. The van der Waals surface area contributed by atoms with E-state index < -0.39 is 46.1 Å². The Hall–Kier alpha value is -5.28. The van der Waals surface area contributed by atoms with Crippen molar-refractivity contribution in [3.05, 3.63) is 119 Å². The average molecular weight is 502 g/mol. The molecule has 4 rings (SSSR count). The number of carboxylic acids is 4. The first-order chi connectivity index (χ1) is 17.2. The van der Waals surface area contributed by atoms with Crippen LogP contribution < -0.4 is 0 Å². The second-order valence-electron chi connectivity index (χ2n) is 7.42. The van der Waals surface area contributed by atoms with Crippen molar-refractivity contribution in [2.45, 2.75) is 0 Å². The molecule has 6 N–H and O–H groups in total. The molecule has 4 aromatic rings. The lowest BCUT2D eigenvalue weighted by Crippen LogP contribution is -2.20. The van der Waals surface area contributed by atoms with Crippen LogP contribution in [0.3, 0.4) is 0 Å². The molecule has 0 aromatic heterocycles. The Bertz CT molecular complexity index is 1380. The number of hydrogen-bond donors (Lipinski definition) is 4. The molecule has 0 aliphatic rings. The molecular formula is C28H22O9. The first kappa shape index (κ1) is 28.0. The van der Waals surface area contributed by atoms with Crippen molar-refractivity contribution in [1.82, 2.24) is 0 Å². The number of aromatic carboxylic acids is 4. The molecule has 0 radical (unpaired) electrons. The van der Waals surface area contributed by atoms with E-state index in [9.17, 15) is 39.6 Å². The van der Waals surface area contributed by atoms with Gasteiger partial charge in [-0.15, -0.1) is 0 Å². The van der Waals surface area contributed by atoms with Crippen LogP contribution in [0.1, 0.15) is 41.4 Å². The summed E-state index contributed by atoms with van der Waals surface area (Å²) in [6.45, 7) is 0. The molecule has 0 saturated heterocycles. The minimum Gasteiger partial charge on any atom is -0.478 e. The number of hydrogen-bond acceptors (Lipinski definition) is 4. The quantitative estimate of drug-likeness (QED) is 0.293. The molecule has 0 aliphatic carbocycles. The first-order valence-corrected chi connectivity index (χ1v) is 10.5. The maximum atomic E-state index is 11.6. The molecule has 0 amide bonds. The van der Waals surface area contributed by atoms with Gasteiger partial charge in [0.2, 0.25) is 0 Å². The fraction of sp³-hybridized carbons (Fsp3) is 0. The lowest BCUT2D eigenvalue weighted by atomic mass is 9.88. The molecule has 0 atom stereocenters. The van der Waals surface area contributed by atoms with Gasteiger partial charge in [0.15, 0.2) is 0 Å². The van der Waals surface area contributed by atoms with E-state index in [0.717, 1.165) is 6.07 Å². The van der Waals surface area contributed by atoms with Crippen LogP contribution in [-0.4, -0.2) is 49.8 Å². The predicted octanol–water partition coefficient (Wildman–Crippen LogP) is 4.68. The van der Waals surface area contributed by atoms with Crippen LogP contribution >= 0.6 is 0 Å². The van der Waals surface area contributed by atoms with E-state index in [4.69, 9.17) is 0 Å². The smallest absolute Gasteiger partial charge is 0.337 e. The van der Waals surface area contributed by atoms with Gasteiger partial charge in [0.1, 0.15) is 0 Å². The van der Waals surface area contributed by atoms with Crippen LogP contribution in [0.25, 0.3) is 22.3 Å². The highest BCUT2D eigenvalue weighted by molar-refractivity contribution is 6.16. The summed E-state index contributed by atoms with van der Waals surface area (Å²) in [6.07, 6.45) is 0. The van der Waals surface area contributed by atoms with E-state index >= 15 is 0 Å². The molecule has 4 aromatic carbocycles. The topological polar surface area (TPSA) is 181 Å². The second-order valence-corrected chi connectivity index (χ2v) is 7.42. The largest absolute Gasteiger partial charge is 0.478 e. The fourth-order valence-corrected chi connectivity index (χ4v) is 3.62. The van der Waals surface area contributed by atoms with Crippen LogP contribution in [0, 0.1) is 0 Å². The molecule has 0 aliphatic heterocycles. The molecule has 0 unspecified atom stereocenters. The Morgan fingerprint density at radius 2 is 0.784 bits per heavy atom. The highest BCUT2D eigenvalue weighted by Gasteiger charge is 2.32. The van der Waals surface area contributed by atoms with E-state index in [1.807, 2.05) is 12.1 Å². The standard InChI is InChI=1S/C16H10O8.C12H10.H2O/c17-13(18)9-6-8(7-4-2-1-3-5-7)10(14(19)20)12(16(23)24)11(9)15(21)22;1-3-7-11(8-4-1)12-9-5-2-6-10-12;/h1-6H,(H,17,18)(H,19,20)(H,21,22)(H,23,24);1-10H;1H2. The SMILES string of the molecule is O.O=C(O)c1cc(-c2ccccc2)c(C(=O)O)c(C(=O)O)c1C(=O)O.c1ccc(-c2ccccc2)cc1. The summed E-state index contributed by atoms with van der Waals surface area (Å²) in [7, 11) is 0. The molecule has 0 saturated carbocycles. The summed E-state index contributed by atoms with van der Waals surface area (Å²) in [5, 5.41) is 37.1. The van der Waals surface area contributed by atoms with Gasteiger partial charge in [-0.3, -0.25) is 0 Å². The predicted molar refractivity (Wildman–Crippen MR) is 135 cm³/mol. The van der Waals surface area contributed by atoms with Crippen molar-refractivity contribution < 1.29 is 45.1 Å². The Morgan fingerprint density at radius 1 is 0.432 bits per heavy atom. The number of carbonyl (C=O) groups is 4. The van der Waals surface area contributed by atoms with Crippen LogP contribution in [0.4, 0.5) is 0 Å². The molecule has 9 nitrogen and oxygen atoms in total. The summed E-state index contributed by atoms with van der Waals surface area (Å²) < 4.78 is 0. The van der Waals surface area contributed by atoms with Crippen molar-refractivity contribution >= 4 is 23.9 Å². The van der Waals surface area contributed by atoms with Gasteiger partial charge in [-0.25, -0.2) is 19.2 Å². The van der Waals surface area contributed by atoms with Crippen LogP contribution in [-0.2, 0) is 0 Å². The minimum atomic E-state index is -1.84. The van der Waals surface area contributed by atoms with Crippen molar-refractivity contribution in [2.24, 2.45) is 0 Å². The summed E-state index contributed by atoms with van der Waals surface area (Å²) in [5.74, 6) is -7.04. The Balaban J connectivity index is 0.000000309. The first-order valence-electron chi connectivity index (χ1n) is 10.5. The Labute approximate surface area is 210 Å². The van der Waals surface area contributed by atoms with Gasteiger partial charge < -0.3 is 25.9 Å². The second kappa shape index (κ2) is 12.4. The van der Waals surface area contributed by atoms with Crippen LogP contribution in [0.15, 0.2) is 97.1 Å². The van der Waals surface area contributed by atoms with Gasteiger partial charge in [0.05, 0.1) is 22.3 Å². The van der Waals surface area contributed by atoms with Crippen molar-refractivity contribution in [3.8, 4) is 22.3 Å². The molecular weight excluding hydrogens is 480 g/mol. The lowest BCUT2D eigenvalue weighted by Gasteiger charge is -2.14. The Morgan fingerprint density at radius 3 is 1.11 bits per heavy atom. The normalized spacial score (nSPS) is 9.73. The zero-order chi connectivity index (χ0) is 26.2. The molecule has 0 spiro atoms.